The Kier molecular flexibility index (Phi) is 5.81. The summed E-state index contributed by atoms with van der Waals surface area (Å²) in [4.78, 5) is 14.7. The van der Waals surface area contributed by atoms with Crippen molar-refractivity contribution in [2.75, 3.05) is 31.1 Å². The van der Waals surface area contributed by atoms with Crippen LogP contribution in [0.2, 0.25) is 0 Å². The van der Waals surface area contributed by atoms with Crippen LogP contribution in [0.4, 0.5) is 10.2 Å². The summed E-state index contributed by atoms with van der Waals surface area (Å²) in [5.74, 6) is 0.540. The minimum absolute atomic E-state index is 0.0475. The van der Waals surface area contributed by atoms with Gasteiger partial charge in [0, 0.05) is 31.8 Å². The summed E-state index contributed by atoms with van der Waals surface area (Å²) in [6.45, 7) is 2.90. The van der Waals surface area contributed by atoms with Crippen molar-refractivity contribution < 1.29 is 13.9 Å². The molecule has 148 valence electrons. The molecule has 1 amide bonds. The van der Waals surface area contributed by atoms with E-state index in [1.807, 2.05) is 12.1 Å². The number of ether oxygens (including phenoxy) is 1. The van der Waals surface area contributed by atoms with Crippen molar-refractivity contribution in [3.8, 4) is 11.3 Å². The Hall–Kier alpha value is -2.54. The van der Waals surface area contributed by atoms with Gasteiger partial charge in [0.1, 0.15) is 5.82 Å². The van der Waals surface area contributed by atoms with Crippen molar-refractivity contribution in [1.29, 1.82) is 0 Å². The number of carbonyl (C=O) groups is 1. The van der Waals surface area contributed by atoms with Gasteiger partial charge in [-0.3, -0.25) is 4.79 Å². The minimum atomic E-state index is -0.273. The van der Waals surface area contributed by atoms with Crippen molar-refractivity contribution in [2.45, 2.75) is 31.8 Å². The standard InChI is InChI=1S/C21H25FN4O2/c22-17-7-5-15(6-8-17)19-9-10-20(25-24-19)26-11-1-3-16(14-26)21(27)23-13-18-4-2-12-28-18/h5-10,16,18H,1-4,11-14H2,(H,23,27). The summed E-state index contributed by atoms with van der Waals surface area (Å²) in [7, 11) is 0. The van der Waals surface area contributed by atoms with Gasteiger partial charge < -0.3 is 15.0 Å². The Labute approximate surface area is 164 Å². The second kappa shape index (κ2) is 8.65. The van der Waals surface area contributed by atoms with Gasteiger partial charge in [-0.25, -0.2) is 4.39 Å². The van der Waals surface area contributed by atoms with Crippen LogP contribution in [0.25, 0.3) is 11.3 Å². The van der Waals surface area contributed by atoms with Gasteiger partial charge in [0.05, 0.1) is 17.7 Å². The summed E-state index contributed by atoms with van der Waals surface area (Å²) >= 11 is 0. The molecular weight excluding hydrogens is 359 g/mol. The number of halogens is 1. The molecule has 2 aliphatic rings. The highest BCUT2D eigenvalue weighted by Crippen LogP contribution is 2.24. The van der Waals surface area contributed by atoms with E-state index in [1.165, 1.54) is 12.1 Å². The van der Waals surface area contributed by atoms with E-state index >= 15 is 0 Å². The average Bonchev–Trinajstić information content (AvgIpc) is 3.26. The van der Waals surface area contributed by atoms with Crippen LogP contribution in [0.1, 0.15) is 25.7 Å². The number of hydrogen-bond donors (Lipinski definition) is 1. The van der Waals surface area contributed by atoms with E-state index < -0.39 is 0 Å². The molecule has 0 spiro atoms. The van der Waals surface area contributed by atoms with Crippen LogP contribution in [-0.4, -0.2) is 48.4 Å². The number of amides is 1. The molecule has 3 heterocycles. The first-order valence-corrected chi connectivity index (χ1v) is 9.93. The lowest BCUT2D eigenvalue weighted by atomic mass is 9.97. The molecule has 28 heavy (non-hydrogen) atoms. The summed E-state index contributed by atoms with van der Waals surface area (Å²) < 4.78 is 18.6. The lowest BCUT2D eigenvalue weighted by molar-refractivity contribution is -0.125. The van der Waals surface area contributed by atoms with Crippen molar-refractivity contribution >= 4 is 11.7 Å². The van der Waals surface area contributed by atoms with Crippen LogP contribution < -0.4 is 10.2 Å². The molecule has 0 radical (unpaired) electrons. The van der Waals surface area contributed by atoms with Crippen LogP contribution in [0, 0.1) is 11.7 Å². The Morgan fingerprint density at radius 1 is 1.14 bits per heavy atom. The third-order valence-electron chi connectivity index (χ3n) is 5.43. The van der Waals surface area contributed by atoms with E-state index in [1.54, 1.807) is 12.1 Å². The molecule has 4 rings (SSSR count). The van der Waals surface area contributed by atoms with Gasteiger partial charge in [0.25, 0.3) is 0 Å². The third-order valence-corrected chi connectivity index (χ3v) is 5.43. The Bertz CT molecular complexity index is 791. The van der Waals surface area contributed by atoms with Crippen LogP contribution >= 0.6 is 0 Å². The molecule has 0 bridgehead atoms. The molecule has 1 aromatic carbocycles. The Balaban J connectivity index is 1.35. The summed E-state index contributed by atoms with van der Waals surface area (Å²) in [6.07, 6.45) is 4.08. The molecule has 0 saturated carbocycles. The summed E-state index contributed by atoms with van der Waals surface area (Å²) in [5, 5.41) is 11.7. The quantitative estimate of drug-likeness (QED) is 0.859. The smallest absolute Gasteiger partial charge is 0.224 e. The first-order chi connectivity index (χ1) is 13.7. The fraction of sp³-hybridized carbons (Fsp3) is 0.476. The van der Waals surface area contributed by atoms with Crippen molar-refractivity contribution in [2.24, 2.45) is 5.92 Å². The molecule has 0 aliphatic carbocycles. The van der Waals surface area contributed by atoms with Gasteiger partial charge in [-0.05, 0) is 62.1 Å². The van der Waals surface area contributed by atoms with Gasteiger partial charge in [0.15, 0.2) is 5.82 Å². The average molecular weight is 384 g/mol. The van der Waals surface area contributed by atoms with E-state index in [0.29, 0.717) is 18.8 Å². The highest BCUT2D eigenvalue weighted by atomic mass is 19.1. The SMILES string of the molecule is O=C(NCC1CCCO1)C1CCCN(c2ccc(-c3ccc(F)cc3)nn2)C1. The van der Waals surface area contributed by atoms with Crippen molar-refractivity contribution in [3.05, 3.63) is 42.2 Å². The third kappa shape index (κ3) is 4.47. The van der Waals surface area contributed by atoms with Crippen LogP contribution in [-0.2, 0) is 9.53 Å². The second-order valence-electron chi connectivity index (χ2n) is 7.45. The zero-order valence-electron chi connectivity index (χ0n) is 15.8. The molecule has 1 aromatic heterocycles. The number of piperidine rings is 1. The molecule has 2 fully saturated rings. The van der Waals surface area contributed by atoms with Gasteiger partial charge in [-0.2, -0.15) is 0 Å². The normalized spacial score (nSPS) is 22.2. The van der Waals surface area contributed by atoms with Crippen molar-refractivity contribution in [3.63, 3.8) is 0 Å². The molecule has 2 saturated heterocycles. The maximum atomic E-state index is 13.1. The lowest BCUT2D eigenvalue weighted by Gasteiger charge is -2.32. The van der Waals surface area contributed by atoms with E-state index in [9.17, 15) is 9.18 Å². The van der Waals surface area contributed by atoms with Crippen LogP contribution in [0.15, 0.2) is 36.4 Å². The number of aromatic nitrogens is 2. The van der Waals surface area contributed by atoms with Gasteiger partial charge >= 0.3 is 0 Å². The zero-order chi connectivity index (χ0) is 19.3. The molecule has 2 aliphatic heterocycles. The number of carbonyl (C=O) groups excluding carboxylic acids is 1. The second-order valence-corrected chi connectivity index (χ2v) is 7.45. The molecular formula is C21H25FN4O2. The number of rotatable bonds is 5. The monoisotopic (exact) mass is 384 g/mol. The number of nitrogens with zero attached hydrogens (tertiary/aromatic N) is 3. The first-order valence-electron chi connectivity index (χ1n) is 9.93. The van der Waals surface area contributed by atoms with E-state index in [2.05, 4.69) is 20.4 Å². The predicted molar refractivity (Wildman–Crippen MR) is 104 cm³/mol. The Morgan fingerprint density at radius 2 is 2.00 bits per heavy atom. The molecule has 6 nitrogen and oxygen atoms in total. The summed E-state index contributed by atoms with van der Waals surface area (Å²) in [6, 6.07) is 10.0. The van der Waals surface area contributed by atoms with Gasteiger partial charge in [0.2, 0.25) is 5.91 Å². The highest BCUT2D eigenvalue weighted by molar-refractivity contribution is 5.79. The zero-order valence-corrected chi connectivity index (χ0v) is 15.8. The van der Waals surface area contributed by atoms with E-state index in [-0.39, 0.29) is 23.7 Å². The van der Waals surface area contributed by atoms with Crippen molar-refractivity contribution in [1.82, 2.24) is 15.5 Å². The fourth-order valence-corrected chi connectivity index (χ4v) is 3.83. The topological polar surface area (TPSA) is 67.3 Å². The van der Waals surface area contributed by atoms with Gasteiger partial charge in [-0.1, -0.05) is 0 Å². The minimum Gasteiger partial charge on any atom is -0.376 e. The van der Waals surface area contributed by atoms with E-state index in [4.69, 9.17) is 4.74 Å². The van der Waals surface area contributed by atoms with Gasteiger partial charge in [-0.15, -0.1) is 10.2 Å². The number of nitrogens with one attached hydrogen (secondary N) is 1. The number of hydrogen-bond acceptors (Lipinski definition) is 5. The first kappa shape index (κ1) is 18.8. The number of benzene rings is 1. The largest absolute Gasteiger partial charge is 0.376 e. The molecule has 2 atom stereocenters. The maximum absolute atomic E-state index is 13.1. The summed E-state index contributed by atoms with van der Waals surface area (Å²) in [5.41, 5.74) is 1.53. The molecule has 7 heteroatoms. The molecule has 1 N–H and O–H groups in total. The number of anilines is 1. The maximum Gasteiger partial charge on any atom is 0.224 e. The van der Waals surface area contributed by atoms with E-state index in [0.717, 1.165) is 50.2 Å². The lowest BCUT2D eigenvalue weighted by Crippen LogP contribution is -2.45. The molecule has 2 aromatic rings. The predicted octanol–water partition coefficient (Wildman–Crippen LogP) is 2.79. The van der Waals surface area contributed by atoms with Crippen LogP contribution in [0.5, 0.6) is 0 Å². The highest BCUT2D eigenvalue weighted by Gasteiger charge is 2.27. The Morgan fingerprint density at radius 3 is 2.71 bits per heavy atom. The molecule has 2 unspecified atom stereocenters. The van der Waals surface area contributed by atoms with Crippen LogP contribution in [0.3, 0.4) is 0 Å². The fourth-order valence-electron chi connectivity index (χ4n) is 3.83.